The van der Waals surface area contributed by atoms with Crippen LogP contribution in [0.5, 0.6) is 0 Å². The molecule has 0 atom stereocenters. The monoisotopic (exact) mass is 278 g/mol. The largest absolute Gasteiger partial charge is 0.370 e. The maximum atomic E-state index is 4.64. The van der Waals surface area contributed by atoms with E-state index in [9.17, 15) is 0 Å². The van der Waals surface area contributed by atoms with Crippen molar-refractivity contribution in [2.45, 2.75) is 72.3 Å². The van der Waals surface area contributed by atoms with Gasteiger partial charge in [0.2, 0.25) is 0 Å². The van der Waals surface area contributed by atoms with Crippen LogP contribution in [-0.4, -0.2) is 22.1 Å². The number of anilines is 2. The van der Waals surface area contributed by atoms with Gasteiger partial charge in [0.05, 0.1) is 0 Å². The lowest BCUT2D eigenvalue weighted by atomic mass is 9.99. The summed E-state index contributed by atoms with van der Waals surface area (Å²) in [4.78, 5) is 9.21. The van der Waals surface area contributed by atoms with Gasteiger partial charge in [-0.25, -0.2) is 9.97 Å². The first-order chi connectivity index (χ1) is 9.50. The minimum Gasteiger partial charge on any atom is -0.370 e. The maximum absolute atomic E-state index is 4.64. The predicted octanol–water partition coefficient (Wildman–Crippen LogP) is 4.24. The van der Waals surface area contributed by atoms with Gasteiger partial charge in [0, 0.05) is 24.6 Å². The summed E-state index contributed by atoms with van der Waals surface area (Å²) in [5.74, 6) is 2.78. The molecule has 0 unspecified atom stereocenters. The van der Waals surface area contributed by atoms with Crippen LogP contribution in [-0.2, 0) is 6.42 Å². The van der Waals surface area contributed by atoms with Crippen molar-refractivity contribution in [3.63, 3.8) is 0 Å². The van der Waals surface area contributed by atoms with Gasteiger partial charge in [-0.3, -0.25) is 0 Å². The third-order valence-electron chi connectivity index (χ3n) is 3.14. The molecule has 0 spiro atoms. The average molecular weight is 278 g/mol. The molecule has 1 rings (SSSR count). The Morgan fingerprint density at radius 3 is 2.30 bits per heavy atom. The summed E-state index contributed by atoms with van der Waals surface area (Å²) >= 11 is 0. The summed E-state index contributed by atoms with van der Waals surface area (Å²) < 4.78 is 0. The zero-order chi connectivity index (χ0) is 15.0. The Morgan fingerprint density at radius 2 is 1.70 bits per heavy atom. The molecule has 0 aliphatic carbocycles. The molecule has 0 aromatic carbocycles. The molecule has 1 aromatic rings. The van der Waals surface area contributed by atoms with Gasteiger partial charge in [-0.05, 0) is 33.1 Å². The van der Waals surface area contributed by atoms with E-state index >= 15 is 0 Å². The molecule has 0 saturated heterocycles. The molecule has 0 radical (unpaired) electrons. The molecule has 4 heteroatoms. The molecular formula is C16H30N4. The number of aryl methyl sites for hydroxylation is 1. The van der Waals surface area contributed by atoms with Crippen molar-refractivity contribution in [2.75, 3.05) is 17.2 Å². The topological polar surface area (TPSA) is 49.8 Å². The highest BCUT2D eigenvalue weighted by Crippen LogP contribution is 2.20. The van der Waals surface area contributed by atoms with Crippen molar-refractivity contribution < 1.29 is 0 Å². The Labute approximate surface area is 123 Å². The van der Waals surface area contributed by atoms with Crippen LogP contribution in [0.3, 0.4) is 0 Å². The van der Waals surface area contributed by atoms with Gasteiger partial charge in [-0.2, -0.15) is 0 Å². The summed E-state index contributed by atoms with van der Waals surface area (Å²) in [5, 5.41) is 6.90. The van der Waals surface area contributed by atoms with Crippen molar-refractivity contribution in [1.29, 1.82) is 0 Å². The SMILES string of the molecule is CCCNc1cc(NC(C)(C)CCC)nc(CCC)n1. The van der Waals surface area contributed by atoms with Crippen LogP contribution >= 0.6 is 0 Å². The average Bonchev–Trinajstić information content (AvgIpc) is 2.35. The third kappa shape index (κ3) is 5.76. The quantitative estimate of drug-likeness (QED) is 0.709. The van der Waals surface area contributed by atoms with E-state index in [-0.39, 0.29) is 5.54 Å². The molecule has 0 fully saturated rings. The Balaban J connectivity index is 2.89. The van der Waals surface area contributed by atoms with Crippen LogP contribution in [0.2, 0.25) is 0 Å². The minimum atomic E-state index is 0.0641. The van der Waals surface area contributed by atoms with Crippen molar-refractivity contribution in [3.05, 3.63) is 11.9 Å². The van der Waals surface area contributed by atoms with Crippen LogP contribution in [0.15, 0.2) is 6.07 Å². The van der Waals surface area contributed by atoms with Crippen molar-refractivity contribution in [2.24, 2.45) is 0 Å². The van der Waals surface area contributed by atoms with E-state index in [4.69, 9.17) is 0 Å². The van der Waals surface area contributed by atoms with Crippen LogP contribution in [0.25, 0.3) is 0 Å². The number of hydrogen-bond donors (Lipinski definition) is 2. The van der Waals surface area contributed by atoms with E-state index in [1.807, 2.05) is 6.07 Å². The number of rotatable bonds is 9. The fourth-order valence-electron chi connectivity index (χ4n) is 2.27. The zero-order valence-corrected chi connectivity index (χ0v) is 13.7. The van der Waals surface area contributed by atoms with E-state index in [1.165, 1.54) is 0 Å². The van der Waals surface area contributed by atoms with Gasteiger partial charge >= 0.3 is 0 Å². The van der Waals surface area contributed by atoms with E-state index in [0.717, 1.165) is 56.1 Å². The molecule has 0 aliphatic rings. The summed E-state index contributed by atoms with van der Waals surface area (Å²) in [6.45, 7) is 11.9. The molecule has 1 heterocycles. The van der Waals surface area contributed by atoms with E-state index in [1.54, 1.807) is 0 Å². The third-order valence-corrected chi connectivity index (χ3v) is 3.14. The smallest absolute Gasteiger partial charge is 0.133 e. The summed E-state index contributed by atoms with van der Waals surface area (Å²) in [6, 6.07) is 2.02. The standard InChI is InChI=1S/C16H30N4/c1-6-9-13-18-14(17-11-8-3)12-15(19-13)20-16(4,5)10-7-2/h12H,6-11H2,1-5H3,(H2,17,18,19,20). The fraction of sp³-hybridized carbons (Fsp3) is 0.750. The highest BCUT2D eigenvalue weighted by molar-refractivity contribution is 5.48. The van der Waals surface area contributed by atoms with E-state index in [2.05, 4.69) is 55.2 Å². The Hall–Kier alpha value is -1.32. The van der Waals surface area contributed by atoms with Crippen LogP contribution < -0.4 is 10.6 Å². The molecule has 20 heavy (non-hydrogen) atoms. The lowest BCUT2D eigenvalue weighted by Gasteiger charge is -2.26. The first kappa shape index (κ1) is 16.7. The lowest BCUT2D eigenvalue weighted by molar-refractivity contribution is 0.508. The summed E-state index contributed by atoms with van der Waals surface area (Å²) in [7, 11) is 0. The zero-order valence-electron chi connectivity index (χ0n) is 13.7. The Kier molecular flexibility index (Phi) is 6.76. The minimum absolute atomic E-state index is 0.0641. The molecule has 0 bridgehead atoms. The molecular weight excluding hydrogens is 248 g/mol. The first-order valence-corrected chi connectivity index (χ1v) is 7.90. The Morgan fingerprint density at radius 1 is 1.00 bits per heavy atom. The van der Waals surface area contributed by atoms with Crippen molar-refractivity contribution >= 4 is 11.6 Å². The molecule has 1 aromatic heterocycles. The second kappa shape index (κ2) is 8.08. The van der Waals surface area contributed by atoms with Gasteiger partial charge in [-0.1, -0.05) is 27.2 Å². The maximum Gasteiger partial charge on any atom is 0.133 e. The normalized spacial score (nSPS) is 11.4. The first-order valence-electron chi connectivity index (χ1n) is 7.90. The summed E-state index contributed by atoms with van der Waals surface area (Å²) in [6.07, 6.45) is 5.36. The van der Waals surface area contributed by atoms with Gasteiger partial charge < -0.3 is 10.6 Å². The van der Waals surface area contributed by atoms with Gasteiger partial charge in [0.15, 0.2) is 0 Å². The number of aromatic nitrogens is 2. The fourth-order valence-corrected chi connectivity index (χ4v) is 2.27. The molecule has 0 amide bonds. The number of hydrogen-bond acceptors (Lipinski definition) is 4. The highest BCUT2D eigenvalue weighted by atomic mass is 15.1. The Bertz CT molecular complexity index is 401. The summed E-state index contributed by atoms with van der Waals surface area (Å²) in [5.41, 5.74) is 0.0641. The number of nitrogens with one attached hydrogen (secondary N) is 2. The van der Waals surface area contributed by atoms with Gasteiger partial charge in [0.25, 0.3) is 0 Å². The molecule has 2 N–H and O–H groups in total. The van der Waals surface area contributed by atoms with Crippen molar-refractivity contribution in [3.8, 4) is 0 Å². The molecule has 4 nitrogen and oxygen atoms in total. The predicted molar refractivity (Wildman–Crippen MR) is 87.4 cm³/mol. The van der Waals surface area contributed by atoms with Gasteiger partial charge in [-0.15, -0.1) is 0 Å². The highest BCUT2D eigenvalue weighted by Gasteiger charge is 2.17. The molecule has 0 aliphatic heterocycles. The molecule has 114 valence electrons. The second-order valence-electron chi connectivity index (χ2n) is 5.99. The number of nitrogens with zero attached hydrogens (tertiary/aromatic N) is 2. The lowest BCUT2D eigenvalue weighted by Crippen LogP contribution is -2.31. The molecule has 0 saturated carbocycles. The van der Waals surface area contributed by atoms with Crippen molar-refractivity contribution in [1.82, 2.24) is 9.97 Å². The van der Waals surface area contributed by atoms with Crippen LogP contribution in [0.4, 0.5) is 11.6 Å². The van der Waals surface area contributed by atoms with E-state index in [0.29, 0.717) is 0 Å². The van der Waals surface area contributed by atoms with Gasteiger partial charge in [0.1, 0.15) is 17.5 Å². The van der Waals surface area contributed by atoms with Crippen LogP contribution in [0.1, 0.15) is 66.1 Å². The van der Waals surface area contributed by atoms with E-state index < -0.39 is 0 Å². The second-order valence-corrected chi connectivity index (χ2v) is 5.99. The van der Waals surface area contributed by atoms with Crippen LogP contribution in [0, 0.1) is 0 Å².